The van der Waals surface area contributed by atoms with E-state index in [1.54, 1.807) is 6.20 Å². The van der Waals surface area contributed by atoms with Crippen molar-refractivity contribution in [2.45, 2.75) is 26.3 Å². The first kappa shape index (κ1) is 22.1. The summed E-state index contributed by atoms with van der Waals surface area (Å²) in [5, 5.41) is 7.72. The SMILES string of the molecule is CCNC(=NCC(C)CN1CCN(C)CC1)NC1CCN(c2ncccc2Cl)C1. The number of anilines is 1. The van der Waals surface area contributed by atoms with Gasteiger partial charge in [0.15, 0.2) is 5.96 Å². The highest BCUT2D eigenvalue weighted by molar-refractivity contribution is 6.32. The predicted molar refractivity (Wildman–Crippen MR) is 122 cm³/mol. The molecule has 0 bridgehead atoms. The van der Waals surface area contributed by atoms with E-state index in [0.29, 0.717) is 17.0 Å². The Morgan fingerprint density at radius 3 is 2.83 bits per heavy atom. The normalized spacial score (nSPS) is 22.7. The van der Waals surface area contributed by atoms with Crippen LogP contribution in [0.25, 0.3) is 0 Å². The van der Waals surface area contributed by atoms with Gasteiger partial charge >= 0.3 is 0 Å². The molecule has 2 fully saturated rings. The van der Waals surface area contributed by atoms with Crippen molar-refractivity contribution in [3.8, 4) is 0 Å². The number of nitrogens with one attached hydrogen (secondary N) is 2. The number of pyridine rings is 1. The fourth-order valence-electron chi connectivity index (χ4n) is 3.97. The van der Waals surface area contributed by atoms with Gasteiger partial charge in [-0.2, -0.15) is 0 Å². The van der Waals surface area contributed by atoms with Gasteiger partial charge in [-0.05, 0) is 38.4 Å². The third kappa shape index (κ3) is 6.73. The molecular formula is C21H36ClN7. The fourth-order valence-corrected chi connectivity index (χ4v) is 4.21. The van der Waals surface area contributed by atoms with E-state index in [4.69, 9.17) is 16.6 Å². The Labute approximate surface area is 180 Å². The van der Waals surface area contributed by atoms with E-state index in [2.05, 4.69) is 51.2 Å². The summed E-state index contributed by atoms with van der Waals surface area (Å²) in [6.07, 6.45) is 2.85. The Balaban J connectivity index is 1.48. The quantitative estimate of drug-likeness (QED) is 0.516. The molecule has 1 aromatic rings. The van der Waals surface area contributed by atoms with Gasteiger partial charge in [-0.3, -0.25) is 4.99 Å². The van der Waals surface area contributed by atoms with Crippen molar-refractivity contribution in [3.63, 3.8) is 0 Å². The molecule has 0 saturated carbocycles. The van der Waals surface area contributed by atoms with Crippen LogP contribution in [0.1, 0.15) is 20.3 Å². The average Bonchev–Trinajstić information content (AvgIpc) is 3.17. The van der Waals surface area contributed by atoms with Gasteiger partial charge in [0.05, 0.1) is 5.02 Å². The maximum atomic E-state index is 6.31. The summed E-state index contributed by atoms with van der Waals surface area (Å²) in [4.78, 5) is 16.5. The van der Waals surface area contributed by atoms with Crippen LogP contribution in [0.2, 0.25) is 5.02 Å². The van der Waals surface area contributed by atoms with E-state index in [0.717, 1.165) is 64.0 Å². The molecule has 2 aliphatic heterocycles. The molecule has 162 valence electrons. The number of hydrogen-bond acceptors (Lipinski definition) is 5. The summed E-state index contributed by atoms with van der Waals surface area (Å²) < 4.78 is 0. The molecule has 8 heteroatoms. The number of nitrogens with zero attached hydrogens (tertiary/aromatic N) is 5. The Bertz CT molecular complexity index is 660. The molecule has 2 atom stereocenters. The minimum Gasteiger partial charge on any atom is -0.357 e. The van der Waals surface area contributed by atoms with Crippen LogP contribution in [0.3, 0.4) is 0 Å². The molecule has 3 rings (SSSR count). The maximum absolute atomic E-state index is 6.31. The Morgan fingerprint density at radius 2 is 2.10 bits per heavy atom. The summed E-state index contributed by atoms with van der Waals surface area (Å²) in [5.74, 6) is 2.33. The molecule has 1 aromatic heterocycles. The molecule has 0 aromatic carbocycles. The van der Waals surface area contributed by atoms with Gasteiger partial charge in [0.2, 0.25) is 0 Å². The van der Waals surface area contributed by atoms with Crippen LogP contribution in [-0.4, -0.2) is 92.7 Å². The third-order valence-corrected chi connectivity index (χ3v) is 5.93. The third-order valence-electron chi connectivity index (χ3n) is 5.64. The Kier molecular flexibility index (Phi) is 8.39. The van der Waals surface area contributed by atoms with Crippen LogP contribution in [0.5, 0.6) is 0 Å². The van der Waals surface area contributed by atoms with Crippen molar-refractivity contribution in [2.24, 2.45) is 10.9 Å². The van der Waals surface area contributed by atoms with E-state index in [1.807, 2.05) is 12.1 Å². The molecule has 7 nitrogen and oxygen atoms in total. The number of piperazine rings is 1. The number of guanidine groups is 1. The summed E-state index contributed by atoms with van der Waals surface area (Å²) in [6, 6.07) is 4.12. The maximum Gasteiger partial charge on any atom is 0.191 e. The lowest BCUT2D eigenvalue weighted by molar-refractivity contribution is 0.140. The summed E-state index contributed by atoms with van der Waals surface area (Å²) in [7, 11) is 2.20. The minimum absolute atomic E-state index is 0.346. The van der Waals surface area contributed by atoms with Crippen LogP contribution in [0.4, 0.5) is 5.82 Å². The second-order valence-electron chi connectivity index (χ2n) is 8.31. The lowest BCUT2D eigenvalue weighted by Gasteiger charge is -2.33. The van der Waals surface area contributed by atoms with Gasteiger partial charge in [-0.25, -0.2) is 4.98 Å². The van der Waals surface area contributed by atoms with Crippen LogP contribution >= 0.6 is 11.6 Å². The van der Waals surface area contributed by atoms with Crippen LogP contribution in [0.15, 0.2) is 23.3 Å². The van der Waals surface area contributed by atoms with E-state index in [-0.39, 0.29) is 0 Å². The largest absolute Gasteiger partial charge is 0.357 e. The minimum atomic E-state index is 0.346. The number of halogens is 1. The van der Waals surface area contributed by atoms with Gasteiger partial charge in [0.25, 0.3) is 0 Å². The first-order valence-electron chi connectivity index (χ1n) is 10.9. The molecule has 0 aliphatic carbocycles. The van der Waals surface area contributed by atoms with Crippen LogP contribution in [-0.2, 0) is 0 Å². The lowest BCUT2D eigenvalue weighted by atomic mass is 10.1. The highest BCUT2D eigenvalue weighted by atomic mass is 35.5. The van der Waals surface area contributed by atoms with Crippen molar-refractivity contribution in [1.29, 1.82) is 0 Å². The smallest absolute Gasteiger partial charge is 0.191 e. The van der Waals surface area contributed by atoms with Crippen molar-refractivity contribution >= 4 is 23.4 Å². The number of aliphatic imine (C=N–C) groups is 1. The molecule has 0 amide bonds. The number of aromatic nitrogens is 1. The molecule has 0 radical (unpaired) electrons. The Hall–Kier alpha value is -1.57. The summed E-state index contributed by atoms with van der Waals surface area (Å²) in [6.45, 7) is 13.7. The zero-order chi connectivity index (χ0) is 20.6. The van der Waals surface area contributed by atoms with Gasteiger partial charge < -0.3 is 25.3 Å². The van der Waals surface area contributed by atoms with E-state index in [1.165, 1.54) is 13.1 Å². The molecule has 29 heavy (non-hydrogen) atoms. The van der Waals surface area contributed by atoms with E-state index in [9.17, 15) is 0 Å². The fraction of sp³-hybridized carbons (Fsp3) is 0.714. The second-order valence-corrected chi connectivity index (χ2v) is 8.72. The molecule has 2 unspecified atom stereocenters. The molecule has 3 heterocycles. The highest BCUT2D eigenvalue weighted by Crippen LogP contribution is 2.25. The zero-order valence-corrected chi connectivity index (χ0v) is 18.8. The summed E-state index contributed by atoms with van der Waals surface area (Å²) in [5.41, 5.74) is 0. The second kappa shape index (κ2) is 11.0. The molecular weight excluding hydrogens is 386 g/mol. The summed E-state index contributed by atoms with van der Waals surface area (Å²) >= 11 is 6.31. The van der Waals surface area contributed by atoms with Crippen molar-refractivity contribution in [3.05, 3.63) is 23.4 Å². The van der Waals surface area contributed by atoms with Crippen LogP contribution in [0, 0.1) is 5.92 Å². The first-order chi connectivity index (χ1) is 14.0. The van der Waals surface area contributed by atoms with Crippen molar-refractivity contribution in [2.75, 3.05) is 70.9 Å². The van der Waals surface area contributed by atoms with Gasteiger partial charge in [-0.15, -0.1) is 0 Å². The number of hydrogen-bond donors (Lipinski definition) is 2. The highest BCUT2D eigenvalue weighted by Gasteiger charge is 2.25. The standard InChI is InChI=1S/C21H36ClN7/c1-4-23-21(25-14-17(2)15-28-12-10-27(3)11-13-28)26-18-7-9-29(16-18)20-19(22)6-5-8-24-20/h5-6,8,17-18H,4,7,9-16H2,1-3H3,(H2,23,25,26). The van der Waals surface area contributed by atoms with Crippen molar-refractivity contribution in [1.82, 2.24) is 25.4 Å². The monoisotopic (exact) mass is 421 g/mol. The van der Waals surface area contributed by atoms with E-state index >= 15 is 0 Å². The Morgan fingerprint density at radius 1 is 1.31 bits per heavy atom. The van der Waals surface area contributed by atoms with Crippen molar-refractivity contribution < 1.29 is 0 Å². The molecule has 0 spiro atoms. The van der Waals surface area contributed by atoms with E-state index < -0.39 is 0 Å². The molecule has 2 saturated heterocycles. The van der Waals surface area contributed by atoms with Crippen LogP contribution < -0.4 is 15.5 Å². The lowest BCUT2D eigenvalue weighted by Crippen LogP contribution is -2.46. The van der Waals surface area contributed by atoms with Gasteiger partial charge in [0, 0.05) is 71.1 Å². The van der Waals surface area contributed by atoms with Gasteiger partial charge in [-0.1, -0.05) is 18.5 Å². The van der Waals surface area contributed by atoms with Gasteiger partial charge in [0.1, 0.15) is 5.82 Å². The predicted octanol–water partition coefficient (Wildman–Crippen LogP) is 1.75. The molecule has 2 N–H and O–H groups in total. The molecule has 2 aliphatic rings. The number of rotatable bonds is 7. The zero-order valence-electron chi connectivity index (χ0n) is 18.1. The average molecular weight is 422 g/mol. The number of likely N-dealkylation sites (N-methyl/N-ethyl adjacent to an activating group) is 1. The first-order valence-corrected chi connectivity index (χ1v) is 11.2. The topological polar surface area (TPSA) is 59.0 Å².